The summed E-state index contributed by atoms with van der Waals surface area (Å²) >= 11 is 0. The Morgan fingerprint density at radius 2 is 2.00 bits per heavy atom. The van der Waals surface area contributed by atoms with E-state index in [0.717, 1.165) is 0 Å². The summed E-state index contributed by atoms with van der Waals surface area (Å²) in [6, 6.07) is 6.23. The first-order chi connectivity index (χ1) is 5.29. The van der Waals surface area contributed by atoms with E-state index in [4.69, 9.17) is 0 Å². The van der Waals surface area contributed by atoms with Crippen LogP contribution in [0.4, 0.5) is 0 Å². The molecule has 0 saturated heterocycles. The summed E-state index contributed by atoms with van der Waals surface area (Å²) in [5, 5.41) is 4.20. The van der Waals surface area contributed by atoms with E-state index in [1.165, 1.54) is 16.8 Å². The molecule has 0 saturated carbocycles. The maximum Gasteiger partial charge on any atom is 0.0693 e. The number of aromatic nitrogens is 2. The van der Waals surface area contributed by atoms with Crippen LogP contribution in [0.15, 0.2) is 24.4 Å². The molecule has 0 aliphatic rings. The minimum Gasteiger partial charge on any atom is -0.238 e. The number of nitrogens with zero attached hydrogens (tertiary/aromatic N) is 2. The van der Waals surface area contributed by atoms with E-state index < -0.39 is 0 Å². The molecule has 11 heavy (non-hydrogen) atoms. The van der Waals surface area contributed by atoms with Gasteiger partial charge >= 0.3 is 0 Å². The molecule has 0 unspecified atom stereocenters. The van der Waals surface area contributed by atoms with Gasteiger partial charge in [-0.2, -0.15) is 5.10 Å². The minimum absolute atomic E-state index is 1.18. The molecule has 0 bridgehead atoms. The average Bonchev–Trinajstić information content (AvgIpc) is 2.45. The van der Waals surface area contributed by atoms with E-state index in [1.54, 1.807) is 0 Å². The molecule has 2 aromatic rings. The second-order valence-electron chi connectivity index (χ2n) is 2.79. The van der Waals surface area contributed by atoms with Crippen molar-refractivity contribution in [3.63, 3.8) is 0 Å². The number of aryl methyl sites for hydroxylation is 2. The lowest BCUT2D eigenvalue weighted by atomic mass is 10.2. The van der Waals surface area contributed by atoms with Crippen LogP contribution >= 0.6 is 0 Å². The van der Waals surface area contributed by atoms with E-state index in [9.17, 15) is 0 Å². The van der Waals surface area contributed by atoms with Crippen LogP contribution in [0, 0.1) is 13.8 Å². The van der Waals surface area contributed by atoms with Crippen LogP contribution in [0.2, 0.25) is 0 Å². The van der Waals surface area contributed by atoms with Crippen molar-refractivity contribution >= 4 is 5.52 Å². The highest BCUT2D eigenvalue weighted by molar-refractivity contribution is 5.53. The minimum atomic E-state index is 1.18. The zero-order chi connectivity index (χ0) is 7.84. The van der Waals surface area contributed by atoms with Crippen molar-refractivity contribution in [3.8, 4) is 0 Å². The third-order valence-electron chi connectivity index (χ3n) is 1.96. The Morgan fingerprint density at radius 1 is 1.18 bits per heavy atom. The fourth-order valence-electron chi connectivity index (χ4n) is 1.28. The molecule has 2 heteroatoms. The second kappa shape index (κ2) is 2.09. The van der Waals surface area contributed by atoms with Crippen LogP contribution in [-0.4, -0.2) is 9.61 Å². The number of hydrogen-bond donors (Lipinski definition) is 0. The first-order valence-corrected chi connectivity index (χ1v) is 3.69. The predicted molar refractivity (Wildman–Crippen MR) is 44.7 cm³/mol. The zero-order valence-electron chi connectivity index (χ0n) is 6.70. The van der Waals surface area contributed by atoms with Gasteiger partial charge in [-0.3, -0.25) is 0 Å². The summed E-state index contributed by atoms with van der Waals surface area (Å²) in [5.74, 6) is 0. The lowest BCUT2D eigenvalue weighted by Gasteiger charge is -2.00. The summed E-state index contributed by atoms with van der Waals surface area (Å²) in [7, 11) is 0. The van der Waals surface area contributed by atoms with Crippen molar-refractivity contribution in [2.75, 3.05) is 0 Å². The van der Waals surface area contributed by atoms with Crippen LogP contribution in [0.5, 0.6) is 0 Å². The van der Waals surface area contributed by atoms with Crippen LogP contribution in [0.25, 0.3) is 5.52 Å². The average molecular weight is 146 g/mol. The summed E-state index contributed by atoms with van der Waals surface area (Å²) < 4.78 is 1.95. The molecule has 0 aliphatic carbocycles. The van der Waals surface area contributed by atoms with Gasteiger partial charge in [0, 0.05) is 11.9 Å². The molecule has 0 radical (unpaired) electrons. The Kier molecular flexibility index (Phi) is 1.22. The molecule has 2 heterocycles. The highest BCUT2D eigenvalue weighted by Crippen LogP contribution is 2.10. The van der Waals surface area contributed by atoms with Crippen molar-refractivity contribution in [2.24, 2.45) is 0 Å². The highest BCUT2D eigenvalue weighted by atomic mass is 15.2. The van der Waals surface area contributed by atoms with Crippen molar-refractivity contribution < 1.29 is 0 Å². The zero-order valence-corrected chi connectivity index (χ0v) is 6.70. The molecule has 2 nitrogen and oxygen atoms in total. The van der Waals surface area contributed by atoms with Gasteiger partial charge in [-0.05, 0) is 31.5 Å². The molecule has 0 amide bonds. The Bertz CT molecular complexity index is 351. The second-order valence-corrected chi connectivity index (χ2v) is 2.79. The van der Waals surface area contributed by atoms with Crippen LogP contribution in [-0.2, 0) is 0 Å². The number of hydrogen-bond acceptors (Lipinski definition) is 1. The monoisotopic (exact) mass is 146 g/mol. The summed E-state index contributed by atoms with van der Waals surface area (Å²) in [4.78, 5) is 0. The Morgan fingerprint density at radius 3 is 2.73 bits per heavy atom. The lowest BCUT2D eigenvalue weighted by molar-refractivity contribution is 0.910. The fraction of sp³-hybridized carbons (Fsp3) is 0.222. The number of pyridine rings is 1. The molecular formula is C9H10N2. The lowest BCUT2D eigenvalue weighted by Crippen LogP contribution is -1.93. The van der Waals surface area contributed by atoms with Crippen molar-refractivity contribution in [1.82, 2.24) is 9.61 Å². The van der Waals surface area contributed by atoms with Crippen LogP contribution in [0.3, 0.4) is 0 Å². The topological polar surface area (TPSA) is 17.3 Å². The normalized spacial score (nSPS) is 10.7. The van der Waals surface area contributed by atoms with E-state index in [1.807, 2.05) is 16.8 Å². The summed E-state index contributed by atoms with van der Waals surface area (Å²) in [6.07, 6.45) is 1.83. The molecule has 0 N–H and O–H groups in total. The van der Waals surface area contributed by atoms with Crippen LogP contribution < -0.4 is 0 Å². The van der Waals surface area contributed by atoms with Gasteiger partial charge in [0.05, 0.1) is 5.52 Å². The van der Waals surface area contributed by atoms with Crippen molar-refractivity contribution in [2.45, 2.75) is 13.8 Å². The van der Waals surface area contributed by atoms with Crippen LogP contribution in [0.1, 0.15) is 11.3 Å². The van der Waals surface area contributed by atoms with E-state index >= 15 is 0 Å². The first-order valence-electron chi connectivity index (χ1n) is 3.69. The molecule has 0 aromatic carbocycles. The van der Waals surface area contributed by atoms with Crippen molar-refractivity contribution in [1.29, 1.82) is 0 Å². The maximum absolute atomic E-state index is 4.20. The van der Waals surface area contributed by atoms with Gasteiger partial charge in [0.2, 0.25) is 0 Å². The third kappa shape index (κ3) is 0.827. The van der Waals surface area contributed by atoms with Gasteiger partial charge in [0.1, 0.15) is 0 Å². The highest BCUT2D eigenvalue weighted by Gasteiger charge is 1.98. The van der Waals surface area contributed by atoms with Gasteiger partial charge in [0.25, 0.3) is 0 Å². The molecular weight excluding hydrogens is 136 g/mol. The van der Waals surface area contributed by atoms with Gasteiger partial charge < -0.3 is 0 Å². The molecule has 0 spiro atoms. The Labute approximate surface area is 65.5 Å². The molecule has 2 aromatic heterocycles. The Balaban J connectivity index is 2.96. The van der Waals surface area contributed by atoms with Gasteiger partial charge in [0.15, 0.2) is 0 Å². The van der Waals surface area contributed by atoms with E-state index in [0.29, 0.717) is 0 Å². The number of rotatable bonds is 0. The molecule has 56 valence electrons. The first kappa shape index (κ1) is 6.40. The third-order valence-corrected chi connectivity index (χ3v) is 1.96. The summed E-state index contributed by atoms with van der Waals surface area (Å²) in [5.41, 5.74) is 3.65. The van der Waals surface area contributed by atoms with Gasteiger partial charge in [-0.25, -0.2) is 4.52 Å². The smallest absolute Gasteiger partial charge is 0.0693 e. The largest absolute Gasteiger partial charge is 0.238 e. The molecule has 0 aliphatic heterocycles. The fourth-order valence-corrected chi connectivity index (χ4v) is 1.28. The van der Waals surface area contributed by atoms with E-state index in [2.05, 4.69) is 31.1 Å². The SMILES string of the molecule is Cc1ccc(C)n2nccc12. The molecule has 0 atom stereocenters. The molecule has 2 rings (SSSR count). The van der Waals surface area contributed by atoms with Gasteiger partial charge in [-0.1, -0.05) is 6.07 Å². The Hall–Kier alpha value is -1.31. The maximum atomic E-state index is 4.20. The number of fused-ring (bicyclic) bond motifs is 1. The molecule has 0 fully saturated rings. The van der Waals surface area contributed by atoms with E-state index in [-0.39, 0.29) is 0 Å². The summed E-state index contributed by atoms with van der Waals surface area (Å²) in [6.45, 7) is 4.15. The quantitative estimate of drug-likeness (QED) is 0.555. The standard InChI is InChI=1S/C9H10N2/c1-7-3-4-8(2)11-9(7)5-6-10-11/h3-6H,1-2H3. The van der Waals surface area contributed by atoms with Crippen molar-refractivity contribution in [3.05, 3.63) is 35.7 Å². The predicted octanol–water partition coefficient (Wildman–Crippen LogP) is 1.95. The van der Waals surface area contributed by atoms with Gasteiger partial charge in [-0.15, -0.1) is 0 Å².